The molecule has 2 aromatic carbocycles. The summed E-state index contributed by atoms with van der Waals surface area (Å²) in [6, 6.07) is 16.2. The number of hydrogen-bond donors (Lipinski definition) is 0. The number of likely N-dealkylation sites (N-methyl/N-ethyl adjacent to an activating group) is 1. The van der Waals surface area contributed by atoms with Gasteiger partial charge in [-0.1, -0.05) is 41.6 Å². The van der Waals surface area contributed by atoms with Crippen molar-refractivity contribution >= 4 is 23.4 Å². The van der Waals surface area contributed by atoms with E-state index in [1.807, 2.05) is 24.3 Å². The van der Waals surface area contributed by atoms with Crippen LogP contribution in [0.15, 0.2) is 58.3 Å². The van der Waals surface area contributed by atoms with Crippen molar-refractivity contribution in [3.05, 3.63) is 53.6 Å². The molecule has 1 heterocycles. The summed E-state index contributed by atoms with van der Waals surface area (Å²) >= 11 is 7.88. The Balaban J connectivity index is 1.52. The molecule has 0 spiro atoms. The first-order chi connectivity index (χ1) is 12.2. The molecule has 134 valence electrons. The zero-order valence-electron chi connectivity index (χ0n) is 14.7. The molecule has 0 bridgehead atoms. The first-order valence-corrected chi connectivity index (χ1v) is 9.96. The number of benzene rings is 2. The first kappa shape index (κ1) is 18.6. The molecule has 0 unspecified atom stereocenters. The summed E-state index contributed by atoms with van der Waals surface area (Å²) < 4.78 is 6.06. The molecular weight excluding hydrogens is 352 g/mol. The van der Waals surface area contributed by atoms with Crippen molar-refractivity contribution in [2.75, 3.05) is 46.4 Å². The first-order valence-electron chi connectivity index (χ1n) is 8.77. The zero-order chi connectivity index (χ0) is 17.5. The Morgan fingerprint density at radius 3 is 2.56 bits per heavy atom. The molecule has 2 aromatic rings. The van der Waals surface area contributed by atoms with Crippen LogP contribution in [0, 0.1) is 0 Å². The van der Waals surface area contributed by atoms with Gasteiger partial charge in [-0.25, -0.2) is 0 Å². The second-order valence-electron chi connectivity index (χ2n) is 6.35. The standard InChI is InChI=1S/C20H25ClN2OS/c1-22-11-13-23(14-12-22)10-5-15-24-19-16-17(21)8-9-20(19)25-18-6-3-2-4-7-18/h2-4,6-9,16H,5,10-15H2,1H3. The Morgan fingerprint density at radius 2 is 1.80 bits per heavy atom. The summed E-state index contributed by atoms with van der Waals surface area (Å²) in [5, 5.41) is 0.714. The predicted molar refractivity (Wildman–Crippen MR) is 106 cm³/mol. The van der Waals surface area contributed by atoms with E-state index in [2.05, 4.69) is 41.1 Å². The number of halogens is 1. The third-order valence-electron chi connectivity index (χ3n) is 4.35. The van der Waals surface area contributed by atoms with E-state index in [-0.39, 0.29) is 0 Å². The Bertz CT molecular complexity index is 660. The van der Waals surface area contributed by atoms with Crippen molar-refractivity contribution in [3.63, 3.8) is 0 Å². The van der Waals surface area contributed by atoms with E-state index in [1.54, 1.807) is 11.8 Å². The fourth-order valence-electron chi connectivity index (χ4n) is 2.84. The Kier molecular flexibility index (Phi) is 7.05. The van der Waals surface area contributed by atoms with Crippen molar-refractivity contribution in [1.29, 1.82) is 0 Å². The molecule has 0 aliphatic carbocycles. The Morgan fingerprint density at radius 1 is 1.04 bits per heavy atom. The van der Waals surface area contributed by atoms with E-state index in [0.29, 0.717) is 5.02 Å². The highest BCUT2D eigenvalue weighted by molar-refractivity contribution is 7.99. The van der Waals surface area contributed by atoms with Crippen LogP contribution in [0.2, 0.25) is 5.02 Å². The molecule has 1 fully saturated rings. The lowest BCUT2D eigenvalue weighted by atomic mass is 10.3. The number of nitrogens with zero attached hydrogens (tertiary/aromatic N) is 2. The highest BCUT2D eigenvalue weighted by Gasteiger charge is 2.13. The molecule has 0 saturated carbocycles. The van der Waals surface area contributed by atoms with Gasteiger partial charge in [-0.3, -0.25) is 0 Å². The quantitative estimate of drug-likeness (QED) is 0.660. The minimum absolute atomic E-state index is 0.714. The molecule has 1 aliphatic rings. The normalized spacial score (nSPS) is 16.1. The largest absolute Gasteiger partial charge is 0.492 e. The number of piperazine rings is 1. The van der Waals surface area contributed by atoms with E-state index >= 15 is 0 Å². The lowest BCUT2D eigenvalue weighted by Crippen LogP contribution is -2.44. The molecule has 1 aliphatic heterocycles. The van der Waals surface area contributed by atoms with Crippen LogP contribution >= 0.6 is 23.4 Å². The molecule has 0 amide bonds. The molecule has 3 nitrogen and oxygen atoms in total. The van der Waals surface area contributed by atoms with Crippen LogP contribution in [-0.2, 0) is 0 Å². The van der Waals surface area contributed by atoms with E-state index in [4.69, 9.17) is 16.3 Å². The summed E-state index contributed by atoms with van der Waals surface area (Å²) in [7, 11) is 2.19. The van der Waals surface area contributed by atoms with Gasteiger partial charge < -0.3 is 14.5 Å². The lowest BCUT2D eigenvalue weighted by Gasteiger charge is -2.32. The maximum atomic E-state index is 6.17. The molecule has 25 heavy (non-hydrogen) atoms. The molecular formula is C20H25ClN2OS. The van der Waals surface area contributed by atoms with Crippen LogP contribution in [0.3, 0.4) is 0 Å². The molecule has 0 atom stereocenters. The topological polar surface area (TPSA) is 15.7 Å². The molecule has 0 N–H and O–H groups in total. The van der Waals surface area contributed by atoms with Crippen LogP contribution in [-0.4, -0.2) is 56.2 Å². The summed E-state index contributed by atoms with van der Waals surface area (Å²) in [6.45, 7) is 6.44. The van der Waals surface area contributed by atoms with Gasteiger partial charge in [-0.2, -0.15) is 0 Å². The van der Waals surface area contributed by atoms with Crippen molar-refractivity contribution in [1.82, 2.24) is 9.80 Å². The van der Waals surface area contributed by atoms with Crippen LogP contribution in [0.5, 0.6) is 5.75 Å². The predicted octanol–water partition coefficient (Wildman–Crippen LogP) is 4.51. The highest BCUT2D eigenvalue weighted by atomic mass is 35.5. The van der Waals surface area contributed by atoms with Gasteiger partial charge in [0.1, 0.15) is 5.75 Å². The average Bonchev–Trinajstić information content (AvgIpc) is 2.63. The van der Waals surface area contributed by atoms with Gasteiger partial charge in [0.15, 0.2) is 0 Å². The van der Waals surface area contributed by atoms with E-state index in [1.165, 1.54) is 4.90 Å². The van der Waals surface area contributed by atoms with E-state index in [0.717, 1.165) is 56.4 Å². The lowest BCUT2D eigenvalue weighted by molar-refractivity contribution is 0.145. The van der Waals surface area contributed by atoms with Crippen molar-refractivity contribution in [2.45, 2.75) is 16.2 Å². The van der Waals surface area contributed by atoms with Gasteiger partial charge >= 0.3 is 0 Å². The summed E-state index contributed by atoms with van der Waals surface area (Å²) in [4.78, 5) is 7.20. The smallest absolute Gasteiger partial charge is 0.134 e. The second-order valence-corrected chi connectivity index (χ2v) is 7.90. The van der Waals surface area contributed by atoms with E-state index < -0.39 is 0 Å². The van der Waals surface area contributed by atoms with Crippen molar-refractivity contribution < 1.29 is 4.74 Å². The summed E-state index contributed by atoms with van der Waals surface area (Å²) in [5.41, 5.74) is 0. The van der Waals surface area contributed by atoms with Crippen LogP contribution < -0.4 is 4.74 Å². The van der Waals surface area contributed by atoms with Gasteiger partial charge in [0, 0.05) is 42.6 Å². The average molecular weight is 377 g/mol. The Hall–Kier alpha value is -1.20. The van der Waals surface area contributed by atoms with Gasteiger partial charge in [-0.05, 0) is 43.8 Å². The summed E-state index contributed by atoms with van der Waals surface area (Å²) in [5.74, 6) is 0.875. The van der Waals surface area contributed by atoms with Crippen LogP contribution in [0.1, 0.15) is 6.42 Å². The van der Waals surface area contributed by atoms with Crippen molar-refractivity contribution in [3.8, 4) is 5.75 Å². The third kappa shape index (κ3) is 5.93. The zero-order valence-corrected chi connectivity index (χ0v) is 16.2. The Labute approximate surface area is 159 Å². The molecule has 1 saturated heterocycles. The number of rotatable bonds is 7. The van der Waals surface area contributed by atoms with Gasteiger partial charge in [-0.15, -0.1) is 0 Å². The molecule has 0 radical (unpaired) electrons. The van der Waals surface area contributed by atoms with Crippen LogP contribution in [0.25, 0.3) is 0 Å². The molecule has 3 rings (SSSR count). The minimum atomic E-state index is 0.714. The molecule has 0 aromatic heterocycles. The fourth-order valence-corrected chi connectivity index (χ4v) is 3.90. The summed E-state index contributed by atoms with van der Waals surface area (Å²) in [6.07, 6.45) is 1.03. The van der Waals surface area contributed by atoms with Gasteiger partial charge in [0.2, 0.25) is 0 Å². The fraction of sp³-hybridized carbons (Fsp3) is 0.400. The maximum Gasteiger partial charge on any atom is 0.134 e. The maximum absolute atomic E-state index is 6.17. The SMILES string of the molecule is CN1CCN(CCCOc2cc(Cl)ccc2Sc2ccccc2)CC1. The molecule has 5 heteroatoms. The number of hydrogen-bond acceptors (Lipinski definition) is 4. The van der Waals surface area contributed by atoms with Crippen LogP contribution in [0.4, 0.5) is 0 Å². The van der Waals surface area contributed by atoms with Gasteiger partial charge in [0.05, 0.1) is 11.5 Å². The minimum Gasteiger partial charge on any atom is -0.492 e. The highest BCUT2D eigenvalue weighted by Crippen LogP contribution is 2.36. The van der Waals surface area contributed by atoms with Gasteiger partial charge in [0.25, 0.3) is 0 Å². The second kappa shape index (κ2) is 9.48. The van der Waals surface area contributed by atoms with Crippen molar-refractivity contribution in [2.24, 2.45) is 0 Å². The number of ether oxygens (including phenoxy) is 1. The monoisotopic (exact) mass is 376 g/mol. The third-order valence-corrected chi connectivity index (χ3v) is 5.65. The van der Waals surface area contributed by atoms with E-state index in [9.17, 15) is 0 Å².